The first kappa shape index (κ1) is 25.7. The van der Waals surface area contributed by atoms with Crippen molar-refractivity contribution in [2.45, 2.75) is 32.4 Å². The lowest BCUT2D eigenvalue weighted by Gasteiger charge is -2.37. The van der Waals surface area contributed by atoms with Crippen LogP contribution in [0, 0.1) is 6.92 Å². The number of aryl methyl sites for hydroxylation is 2. The van der Waals surface area contributed by atoms with Crippen molar-refractivity contribution in [1.82, 2.24) is 24.8 Å². The van der Waals surface area contributed by atoms with Crippen LogP contribution in [0.5, 0.6) is 0 Å². The van der Waals surface area contributed by atoms with Crippen molar-refractivity contribution in [3.8, 4) is 11.5 Å². The van der Waals surface area contributed by atoms with Crippen molar-refractivity contribution < 1.29 is 19.1 Å². The van der Waals surface area contributed by atoms with E-state index >= 15 is 0 Å². The van der Waals surface area contributed by atoms with Crippen LogP contribution in [-0.2, 0) is 16.5 Å². The number of thiazole rings is 1. The van der Waals surface area contributed by atoms with Crippen molar-refractivity contribution in [2.24, 2.45) is 7.05 Å². The van der Waals surface area contributed by atoms with Gasteiger partial charge in [-0.2, -0.15) is 0 Å². The van der Waals surface area contributed by atoms with E-state index in [1.807, 2.05) is 11.6 Å². The first-order valence-corrected chi connectivity index (χ1v) is 13.0. The zero-order chi connectivity index (χ0) is 25.3. The average Bonchev–Trinajstić information content (AvgIpc) is 3.53. The number of imidazole rings is 1. The van der Waals surface area contributed by atoms with Crippen LogP contribution in [-0.4, -0.2) is 70.3 Å². The van der Waals surface area contributed by atoms with Crippen LogP contribution < -0.4 is 10.2 Å². The fraction of sp³-hybridized carbons (Fsp3) is 0.455. The number of carbonyl (C=O) groups excluding carboxylic acids is 2. The molecule has 0 aliphatic carbocycles. The maximum atomic E-state index is 12.9. The van der Waals surface area contributed by atoms with Gasteiger partial charge in [-0.05, 0) is 36.2 Å². The Morgan fingerprint density at radius 1 is 1.43 bits per heavy atom. The lowest BCUT2D eigenvalue weighted by atomic mass is 10.0. The van der Waals surface area contributed by atoms with Crippen molar-refractivity contribution in [3.63, 3.8) is 0 Å². The van der Waals surface area contributed by atoms with Crippen LogP contribution >= 0.6 is 38.9 Å². The zero-order valence-electron chi connectivity index (χ0n) is 19.7. The molecule has 0 aromatic carbocycles. The Morgan fingerprint density at radius 2 is 2.20 bits per heavy atom. The summed E-state index contributed by atoms with van der Waals surface area (Å²) in [6.45, 7) is 4.95. The molecule has 188 valence electrons. The number of hydrogen-bond acceptors (Lipinski definition) is 8. The molecule has 10 nitrogen and oxygen atoms in total. The molecule has 1 amide bonds. The average molecular weight is 586 g/mol. The van der Waals surface area contributed by atoms with Gasteiger partial charge in [0, 0.05) is 45.3 Å². The van der Waals surface area contributed by atoms with Gasteiger partial charge >= 0.3 is 5.97 Å². The molecule has 35 heavy (non-hydrogen) atoms. The number of nitrogens with zero attached hydrogens (tertiary/aromatic N) is 4. The smallest absolute Gasteiger partial charge is 0.350 e. The number of hydrogen-bond donors (Lipinski definition) is 2. The monoisotopic (exact) mass is 584 g/mol. The van der Waals surface area contributed by atoms with Gasteiger partial charge in [-0.3, -0.25) is 4.79 Å². The van der Waals surface area contributed by atoms with Gasteiger partial charge in [0.2, 0.25) is 0 Å². The van der Waals surface area contributed by atoms with Gasteiger partial charge in [0.05, 0.1) is 28.2 Å². The molecule has 4 heterocycles. The lowest BCUT2D eigenvalue weighted by Crippen LogP contribution is -2.55. The molecule has 1 aliphatic rings. The number of ether oxygens (including phenoxy) is 2. The third-order valence-electron chi connectivity index (χ3n) is 5.84. The first-order chi connectivity index (χ1) is 16.7. The number of methoxy groups -OCH3 is 1. The summed E-state index contributed by atoms with van der Waals surface area (Å²) in [4.78, 5) is 40.1. The highest BCUT2D eigenvalue weighted by Gasteiger charge is 2.34. The number of halogens is 2. The number of amides is 1. The number of H-pyrrole nitrogens is 1. The van der Waals surface area contributed by atoms with E-state index in [2.05, 4.69) is 36.1 Å². The molecule has 0 saturated carbocycles. The van der Waals surface area contributed by atoms with Crippen molar-refractivity contribution in [2.75, 3.05) is 31.7 Å². The Balaban J connectivity index is 1.54. The molecule has 1 saturated heterocycles. The van der Waals surface area contributed by atoms with Gasteiger partial charge in [0.25, 0.3) is 5.91 Å². The van der Waals surface area contributed by atoms with Gasteiger partial charge in [0.1, 0.15) is 16.3 Å². The second-order valence-electron chi connectivity index (χ2n) is 8.10. The van der Waals surface area contributed by atoms with E-state index < -0.39 is 5.97 Å². The number of anilines is 1. The minimum absolute atomic E-state index is 0.212. The summed E-state index contributed by atoms with van der Waals surface area (Å²) in [5.41, 5.74) is 1.58. The van der Waals surface area contributed by atoms with E-state index in [1.54, 1.807) is 33.4 Å². The van der Waals surface area contributed by atoms with Crippen molar-refractivity contribution >= 4 is 55.9 Å². The highest BCUT2D eigenvalue weighted by atomic mass is 79.9. The topological polar surface area (TPSA) is 114 Å². The largest absolute Gasteiger partial charge is 0.462 e. The number of esters is 1. The van der Waals surface area contributed by atoms with E-state index in [9.17, 15) is 9.59 Å². The molecule has 2 N–H and O–H groups in total. The molecule has 0 spiro atoms. The van der Waals surface area contributed by atoms with Gasteiger partial charge in [-0.25, -0.2) is 14.8 Å². The van der Waals surface area contributed by atoms with Crippen molar-refractivity contribution in [3.05, 3.63) is 38.2 Å². The molecule has 0 radical (unpaired) electrons. The summed E-state index contributed by atoms with van der Waals surface area (Å²) in [5, 5.41) is 4.21. The Bertz CT molecular complexity index is 1240. The summed E-state index contributed by atoms with van der Waals surface area (Å²) in [6, 6.07) is -0.212. The van der Waals surface area contributed by atoms with Gasteiger partial charge in [-0.15, -0.1) is 0 Å². The minimum Gasteiger partial charge on any atom is -0.462 e. The molecule has 1 fully saturated rings. The summed E-state index contributed by atoms with van der Waals surface area (Å²) in [5.74, 6) is -0.0973. The second-order valence-corrected chi connectivity index (χ2v) is 10.2. The van der Waals surface area contributed by atoms with Gasteiger partial charge in [-0.1, -0.05) is 22.9 Å². The number of aromatic nitrogens is 4. The minimum atomic E-state index is -0.426. The Labute approximate surface area is 220 Å². The molecule has 3 aromatic heterocycles. The van der Waals surface area contributed by atoms with Gasteiger partial charge < -0.3 is 29.2 Å². The highest BCUT2D eigenvalue weighted by Crippen LogP contribution is 2.35. The number of rotatable bonds is 7. The standard InChI is InChI=1S/C22H26BrClN6O4S/c1-5-34-21(32)18-17(19-25-7-9-29(19)3)28-22(35-18)30-8-6-12(13(10-30)33-4)27-20(31)16-14(23)15(24)11(2)26-16/h7,9,12-13,26H,5-6,8,10H2,1-4H3,(H,27,31). The fourth-order valence-electron chi connectivity index (χ4n) is 3.99. The van der Waals surface area contributed by atoms with Crippen LogP contribution in [0.15, 0.2) is 16.9 Å². The second kappa shape index (κ2) is 10.7. The van der Waals surface area contributed by atoms with Crippen LogP contribution in [0.4, 0.5) is 5.13 Å². The summed E-state index contributed by atoms with van der Waals surface area (Å²) < 4.78 is 13.3. The van der Waals surface area contributed by atoms with Crippen LogP contribution in [0.3, 0.4) is 0 Å². The maximum absolute atomic E-state index is 12.9. The fourth-order valence-corrected chi connectivity index (χ4v) is 5.70. The third-order valence-corrected chi connectivity index (χ3v) is 8.43. The molecule has 3 aromatic rings. The van der Waals surface area contributed by atoms with E-state index in [-0.39, 0.29) is 24.7 Å². The normalized spacial score (nSPS) is 18.1. The highest BCUT2D eigenvalue weighted by molar-refractivity contribution is 9.10. The predicted molar refractivity (Wildman–Crippen MR) is 137 cm³/mol. The van der Waals surface area contributed by atoms with E-state index in [0.717, 1.165) is 0 Å². The molecule has 2 unspecified atom stereocenters. The molecular weight excluding hydrogens is 560 g/mol. The predicted octanol–water partition coefficient (Wildman–Crippen LogP) is 3.80. The lowest BCUT2D eigenvalue weighted by molar-refractivity contribution is 0.0531. The number of aromatic amines is 1. The third kappa shape index (κ3) is 5.11. The Morgan fingerprint density at radius 3 is 2.80 bits per heavy atom. The molecule has 1 aliphatic heterocycles. The van der Waals surface area contributed by atoms with Crippen LogP contribution in [0.2, 0.25) is 5.02 Å². The maximum Gasteiger partial charge on any atom is 0.350 e. The number of piperidine rings is 1. The molecule has 4 rings (SSSR count). The summed E-state index contributed by atoms with van der Waals surface area (Å²) in [6.07, 6.45) is 3.80. The quantitative estimate of drug-likeness (QED) is 0.406. The van der Waals surface area contributed by atoms with Crippen LogP contribution in [0.1, 0.15) is 39.2 Å². The number of nitrogens with one attached hydrogen (secondary N) is 2. The van der Waals surface area contributed by atoms with Crippen molar-refractivity contribution in [1.29, 1.82) is 0 Å². The molecule has 0 bridgehead atoms. The Hall–Kier alpha value is -2.41. The van der Waals surface area contributed by atoms with E-state index in [4.69, 9.17) is 26.1 Å². The summed E-state index contributed by atoms with van der Waals surface area (Å²) in [7, 11) is 3.46. The SMILES string of the molecule is CCOC(=O)c1sc(N2CCC(NC(=O)c3[nH]c(C)c(Cl)c3Br)C(OC)C2)nc1-c1nccn1C. The molecule has 2 atom stereocenters. The van der Waals surface area contributed by atoms with Gasteiger partial charge in [0.15, 0.2) is 11.0 Å². The zero-order valence-corrected chi connectivity index (χ0v) is 22.9. The van der Waals surface area contributed by atoms with E-state index in [1.165, 1.54) is 11.3 Å². The summed E-state index contributed by atoms with van der Waals surface area (Å²) >= 11 is 10.8. The molecule has 13 heteroatoms. The number of carbonyl (C=O) groups is 2. The molecular formula is C22H26BrClN6O4S. The van der Waals surface area contributed by atoms with Crippen LogP contribution in [0.25, 0.3) is 11.5 Å². The van der Waals surface area contributed by atoms with E-state index in [0.29, 0.717) is 61.9 Å². The Kier molecular flexibility index (Phi) is 7.84. The first-order valence-electron chi connectivity index (χ1n) is 11.0.